The van der Waals surface area contributed by atoms with Crippen LogP contribution < -0.4 is 5.32 Å². The van der Waals surface area contributed by atoms with Gasteiger partial charge in [0, 0.05) is 17.0 Å². The first kappa shape index (κ1) is 19.0. The normalized spacial score (nSPS) is 16.7. The third-order valence-corrected chi connectivity index (χ3v) is 5.42. The summed E-state index contributed by atoms with van der Waals surface area (Å²) >= 11 is 1.79. The van der Waals surface area contributed by atoms with Gasteiger partial charge in [-0.05, 0) is 49.5 Å². The molecule has 3 rings (SSSR count). The molecule has 1 atom stereocenters. The molecule has 1 aromatic carbocycles. The van der Waals surface area contributed by atoms with Crippen molar-refractivity contribution in [2.24, 2.45) is 0 Å². The van der Waals surface area contributed by atoms with Gasteiger partial charge >= 0.3 is 0 Å². The highest BCUT2D eigenvalue weighted by Crippen LogP contribution is 2.27. The Morgan fingerprint density at radius 3 is 2.38 bits per heavy atom. The molecule has 0 aliphatic carbocycles. The van der Waals surface area contributed by atoms with Crippen LogP contribution in [0.25, 0.3) is 0 Å². The molecular weight excluding hydrogens is 340 g/mol. The Kier molecular flexibility index (Phi) is 7.76. The zero-order valence-corrected chi connectivity index (χ0v) is 15.5. The predicted octanol–water partition coefficient (Wildman–Crippen LogP) is 4.52. The number of likely N-dealkylation sites (tertiary alicyclic amines) is 1. The van der Waals surface area contributed by atoms with Crippen molar-refractivity contribution in [3.63, 3.8) is 0 Å². The van der Waals surface area contributed by atoms with Crippen LogP contribution in [0.1, 0.15) is 47.0 Å². The van der Waals surface area contributed by atoms with Crippen LogP contribution in [0.3, 0.4) is 0 Å². The van der Waals surface area contributed by atoms with Gasteiger partial charge in [-0.25, -0.2) is 0 Å². The molecule has 1 fully saturated rings. The van der Waals surface area contributed by atoms with Gasteiger partial charge in [0.05, 0.1) is 6.04 Å². The Balaban J connectivity index is 0.00000208. The molecular formula is C19H25ClN2OS. The Morgan fingerprint density at radius 2 is 1.75 bits per heavy atom. The molecule has 0 spiro atoms. The lowest BCUT2D eigenvalue weighted by Crippen LogP contribution is -2.38. The van der Waals surface area contributed by atoms with Crippen molar-refractivity contribution < 1.29 is 4.79 Å². The SMILES string of the molecule is Cl.O=C(NCC(c1cccs1)N1CCCCCC1)c1ccccc1. The van der Waals surface area contributed by atoms with Crippen LogP contribution >= 0.6 is 23.7 Å². The quantitative estimate of drug-likeness (QED) is 0.846. The van der Waals surface area contributed by atoms with Crippen LogP contribution in [-0.4, -0.2) is 30.4 Å². The highest BCUT2D eigenvalue weighted by atomic mass is 35.5. The Hall–Kier alpha value is -1.36. The second kappa shape index (κ2) is 9.82. The Morgan fingerprint density at radius 1 is 1.04 bits per heavy atom. The molecule has 0 saturated carbocycles. The van der Waals surface area contributed by atoms with Crippen LogP contribution in [0.15, 0.2) is 47.8 Å². The van der Waals surface area contributed by atoms with E-state index in [9.17, 15) is 4.79 Å². The molecule has 0 bridgehead atoms. The summed E-state index contributed by atoms with van der Waals surface area (Å²) in [6, 6.07) is 14.0. The van der Waals surface area contributed by atoms with Gasteiger partial charge in [-0.1, -0.05) is 37.1 Å². The average Bonchev–Trinajstić information content (AvgIpc) is 2.99. The summed E-state index contributed by atoms with van der Waals surface area (Å²) in [5.41, 5.74) is 0.730. The van der Waals surface area contributed by atoms with E-state index in [4.69, 9.17) is 0 Å². The van der Waals surface area contributed by atoms with E-state index in [1.54, 1.807) is 11.3 Å². The molecule has 1 amide bonds. The van der Waals surface area contributed by atoms with E-state index in [-0.39, 0.29) is 18.3 Å². The second-order valence-corrected chi connectivity index (χ2v) is 7.04. The molecule has 130 valence electrons. The number of carbonyl (C=O) groups is 1. The highest BCUT2D eigenvalue weighted by Gasteiger charge is 2.23. The van der Waals surface area contributed by atoms with Crippen LogP contribution in [-0.2, 0) is 0 Å². The molecule has 1 saturated heterocycles. The number of thiophene rings is 1. The van der Waals surface area contributed by atoms with E-state index in [1.165, 1.54) is 30.6 Å². The molecule has 24 heavy (non-hydrogen) atoms. The minimum atomic E-state index is 0. The van der Waals surface area contributed by atoms with Crippen molar-refractivity contribution >= 4 is 29.7 Å². The Labute approximate surface area is 154 Å². The van der Waals surface area contributed by atoms with Crippen LogP contribution in [0.5, 0.6) is 0 Å². The summed E-state index contributed by atoms with van der Waals surface area (Å²) in [6.07, 6.45) is 5.16. The van der Waals surface area contributed by atoms with Crippen molar-refractivity contribution in [3.05, 3.63) is 58.3 Å². The maximum atomic E-state index is 12.3. The number of hydrogen-bond donors (Lipinski definition) is 1. The lowest BCUT2D eigenvalue weighted by molar-refractivity contribution is 0.0934. The smallest absolute Gasteiger partial charge is 0.251 e. The fourth-order valence-corrected chi connectivity index (χ4v) is 4.04. The van der Waals surface area contributed by atoms with E-state index in [1.807, 2.05) is 30.3 Å². The average molecular weight is 365 g/mol. The van der Waals surface area contributed by atoms with Crippen molar-refractivity contribution in [1.82, 2.24) is 10.2 Å². The largest absolute Gasteiger partial charge is 0.350 e. The Bertz CT molecular complexity index is 595. The molecule has 3 nitrogen and oxygen atoms in total. The molecule has 2 heterocycles. The summed E-state index contributed by atoms with van der Waals surface area (Å²) < 4.78 is 0. The molecule has 1 unspecified atom stereocenters. The number of nitrogens with zero attached hydrogens (tertiary/aromatic N) is 1. The number of hydrogen-bond acceptors (Lipinski definition) is 3. The lowest BCUT2D eigenvalue weighted by Gasteiger charge is -2.30. The van der Waals surface area contributed by atoms with Crippen molar-refractivity contribution in [3.8, 4) is 0 Å². The van der Waals surface area contributed by atoms with Crippen LogP contribution in [0.4, 0.5) is 0 Å². The first-order valence-corrected chi connectivity index (χ1v) is 9.33. The van der Waals surface area contributed by atoms with Crippen molar-refractivity contribution in [2.45, 2.75) is 31.7 Å². The molecule has 1 N–H and O–H groups in total. The minimum absolute atomic E-state index is 0. The van der Waals surface area contributed by atoms with Gasteiger partial charge in [0.15, 0.2) is 0 Å². The highest BCUT2D eigenvalue weighted by molar-refractivity contribution is 7.10. The van der Waals surface area contributed by atoms with Gasteiger partial charge in [-0.2, -0.15) is 0 Å². The first-order chi connectivity index (χ1) is 11.3. The standard InChI is InChI=1S/C19H24N2OS.ClH/c22-19(16-9-4-3-5-10-16)20-15-17(18-11-8-14-23-18)21-12-6-1-2-7-13-21;/h3-5,8-11,14,17H,1-2,6-7,12-13,15H2,(H,20,22);1H. The predicted molar refractivity (Wildman–Crippen MR) is 103 cm³/mol. The zero-order chi connectivity index (χ0) is 15.9. The van der Waals surface area contributed by atoms with E-state index in [2.05, 4.69) is 27.7 Å². The zero-order valence-electron chi connectivity index (χ0n) is 13.8. The third-order valence-electron chi connectivity index (χ3n) is 4.44. The number of nitrogens with one attached hydrogen (secondary N) is 1. The maximum absolute atomic E-state index is 12.3. The number of halogens is 1. The van der Waals surface area contributed by atoms with Crippen LogP contribution in [0, 0.1) is 0 Å². The fourth-order valence-electron chi connectivity index (χ4n) is 3.18. The monoisotopic (exact) mass is 364 g/mol. The minimum Gasteiger partial charge on any atom is -0.350 e. The summed E-state index contributed by atoms with van der Waals surface area (Å²) in [7, 11) is 0. The lowest BCUT2D eigenvalue weighted by atomic mass is 10.1. The third kappa shape index (κ3) is 5.07. The molecule has 0 radical (unpaired) electrons. The number of rotatable bonds is 5. The van der Waals surface area contributed by atoms with Gasteiger partial charge < -0.3 is 5.32 Å². The molecule has 1 aliphatic rings. The first-order valence-electron chi connectivity index (χ1n) is 8.45. The van der Waals surface area contributed by atoms with Crippen molar-refractivity contribution in [2.75, 3.05) is 19.6 Å². The van der Waals surface area contributed by atoms with E-state index < -0.39 is 0 Å². The molecule has 1 aromatic heterocycles. The fraction of sp³-hybridized carbons (Fsp3) is 0.421. The van der Waals surface area contributed by atoms with Gasteiger partial charge in [-0.3, -0.25) is 9.69 Å². The van der Waals surface area contributed by atoms with E-state index in [0.717, 1.165) is 18.7 Å². The van der Waals surface area contributed by atoms with Gasteiger partial charge in [0.1, 0.15) is 0 Å². The van der Waals surface area contributed by atoms with Gasteiger partial charge in [-0.15, -0.1) is 23.7 Å². The van der Waals surface area contributed by atoms with Gasteiger partial charge in [0.2, 0.25) is 0 Å². The summed E-state index contributed by atoms with van der Waals surface area (Å²) in [5.74, 6) is 0.0157. The number of amides is 1. The summed E-state index contributed by atoms with van der Waals surface area (Å²) in [6.45, 7) is 2.93. The molecule has 2 aromatic rings. The van der Waals surface area contributed by atoms with E-state index >= 15 is 0 Å². The maximum Gasteiger partial charge on any atom is 0.251 e. The summed E-state index contributed by atoms with van der Waals surface area (Å²) in [5, 5.41) is 5.26. The molecule has 1 aliphatic heterocycles. The van der Waals surface area contributed by atoms with Crippen LogP contribution in [0.2, 0.25) is 0 Å². The summed E-state index contributed by atoms with van der Waals surface area (Å²) in [4.78, 5) is 16.2. The number of benzene rings is 1. The van der Waals surface area contributed by atoms with E-state index in [0.29, 0.717) is 12.6 Å². The number of carbonyl (C=O) groups excluding carboxylic acids is 1. The van der Waals surface area contributed by atoms with Crippen molar-refractivity contribution in [1.29, 1.82) is 0 Å². The van der Waals surface area contributed by atoms with Gasteiger partial charge in [0.25, 0.3) is 5.91 Å². The second-order valence-electron chi connectivity index (χ2n) is 6.06. The topological polar surface area (TPSA) is 32.3 Å². The molecule has 5 heteroatoms.